The molecule has 1 rings (SSSR count). The topological polar surface area (TPSA) is 131 Å². The van der Waals surface area contributed by atoms with Gasteiger partial charge in [-0.15, -0.1) is 10.2 Å². The summed E-state index contributed by atoms with van der Waals surface area (Å²) in [5.41, 5.74) is -0.658. The number of hydrogen-bond acceptors (Lipinski definition) is 7. The van der Waals surface area contributed by atoms with Crippen LogP contribution >= 0.6 is 11.3 Å². The Balaban J connectivity index is 2.58. The summed E-state index contributed by atoms with van der Waals surface area (Å²) in [6.07, 6.45) is -0.722. The van der Waals surface area contributed by atoms with E-state index in [1.165, 1.54) is 0 Å². The second-order valence-corrected chi connectivity index (χ2v) is 5.28. The maximum Gasteiger partial charge on any atom is 0.414 e. The van der Waals surface area contributed by atoms with E-state index >= 15 is 0 Å². The smallest absolute Gasteiger partial charge is 0.414 e. The van der Waals surface area contributed by atoms with Crippen LogP contribution in [0, 0.1) is 0 Å². The van der Waals surface area contributed by atoms with Crippen LogP contribution in [-0.2, 0) is 14.3 Å². The number of aliphatic carboxylic acids is 1. The maximum absolute atomic E-state index is 11.4. The first-order valence-corrected chi connectivity index (χ1v) is 5.87. The molecule has 0 aliphatic heterocycles. The molecule has 2 amide bonds. The van der Waals surface area contributed by atoms with E-state index in [2.05, 4.69) is 15.5 Å². The fourth-order valence-corrected chi connectivity index (χ4v) is 1.49. The fourth-order valence-electron chi connectivity index (χ4n) is 0.866. The van der Waals surface area contributed by atoms with Gasteiger partial charge in [0.1, 0.15) is 5.60 Å². The first kappa shape index (κ1) is 14.8. The van der Waals surface area contributed by atoms with E-state index < -0.39 is 23.6 Å². The zero-order chi connectivity index (χ0) is 14.6. The summed E-state index contributed by atoms with van der Waals surface area (Å²) in [6, 6.07) is 0. The number of aromatic nitrogens is 2. The van der Waals surface area contributed by atoms with Crippen molar-refractivity contribution in [1.82, 2.24) is 10.2 Å². The van der Waals surface area contributed by atoms with Crippen molar-refractivity contribution < 1.29 is 24.2 Å². The van der Waals surface area contributed by atoms with Crippen molar-refractivity contribution in [3.8, 4) is 0 Å². The molecule has 1 aromatic rings. The van der Waals surface area contributed by atoms with Gasteiger partial charge in [0.15, 0.2) is 0 Å². The van der Waals surface area contributed by atoms with Crippen LogP contribution in [0.1, 0.15) is 20.8 Å². The van der Waals surface area contributed by atoms with Crippen molar-refractivity contribution >= 4 is 39.6 Å². The average molecular weight is 288 g/mol. The van der Waals surface area contributed by atoms with Crippen LogP contribution in [0.2, 0.25) is 0 Å². The number of carboxylic acid groups (broad SMARTS) is 1. The van der Waals surface area contributed by atoms with E-state index in [1.807, 2.05) is 5.32 Å². The molecular weight excluding hydrogens is 276 g/mol. The number of carboxylic acids is 1. The summed E-state index contributed by atoms with van der Waals surface area (Å²) < 4.78 is 4.98. The highest BCUT2D eigenvalue weighted by atomic mass is 32.1. The van der Waals surface area contributed by atoms with Gasteiger partial charge in [-0.25, -0.2) is 9.59 Å². The summed E-state index contributed by atoms with van der Waals surface area (Å²) in [7, 11) is 0. The van der Waals surface area contributed by atoms with Crippen LogP contribution in [0.25, 0.3) is 0 Å². The van der Waals surface area contributed by atoms with Crippen molar-refractivity contribution in [2.24, 2.45) is 0 Å². The van der Waals surface area contributed by atoms with Gasteiger partial charge in [0.05, 0.1) is 0 Å². The average Bonchev–Trinajstić information content (AvgIpc) is 2.61. The van der Waals surface area contributed by atoms with Gasteiger partial charge in [-0.2, -0.15) is 0 Å². The van der Waals surface area contributed by atoms with Crippen molar-refractivity contribution in [2.75, 3.05) is 10.6 Å². The van der Waals surface area contributed by atoms with E-state index in [-0.39, 0.29) is 10.3 Å². The number of amides is 2. The highest BCUT2D eigenvalue weighted by Gasteiger charge is 2.18. The minimum Gasteiger partial charge on any atom is -0.474 e. The Labute approximate surface area is 112 Å². The summed E-state index contributed by atoms with van der Waals surface area (Å²) in [4.78, 5) is 32.5. The third-order valence-corrected chi connectivity index (χ3v) is 2.20. The zero-order valence-corrected chi connectivity index (χ0v) is 11.2. The molecule has 9 nitrogen and oxygen atoms in total. The van der Waals surface area contributed by atoms with Gasteiger partial charge in [0, 0.05) is 0 Å². The third kappa shape index (κ3) is 5.29. The lowest BCUT2D eigenvalue weighted by Crippen LogP contribution is -2.27. The first-order chi connectivity index (χ1) is 8.67. The van der Waals surface area contributed by atoms with Crippen LogP contribution in [0.15, 0.2) is 0 Å². The Kier molecular flexibility index (Phi) is 4.38. The third-order valence-electron chi connectivity index (χ3n) is 1.45. The number of anilines is 2. The normalized spacial score (nSPS) is 10.7. The molecule has 0 aliphatic carbocycles. The van der Waals surface area contributed by atoms with Crippen LogP contribution in [0.5, 0.6) is 0 Å². The number of ether oxygens (including phenoxy) is 1. The van der Waals surface area contributed by atoms with Crippen LogP contribution < -0.4 is 10.6 Å². The number of carbonyl (C=O) groups excluding carboxylic acids is 2. The molecule has 19 heavy (non-hydrogen) atoms. The Morgan fingerprint density at radius 3 is 2.16 bits per heavy atom. The molecule has 0 spiro atoms. The molecule has 0 fully saturated rings. The molecule has 0 atom stereocenters. The molecular formula is C9H12N4O5S. The maximum atomic E-state index is 11.4. The lowest BCUT2D eigenvalue weighted by Gasteiger charge is -2.18. The van der Waals surface area contributed by atoms with E-state index in [4.69, 9.17) is 9.84 Å². The van der Waals surface area contributed by atoms with Crippen molar-refractivity contribution in [3.05, 3.63) is 0 Å². The van der Waals surface area contributed by atoms with Crippen molar-refractivity contribution in [3.63, 3.8) is 0 Å². The molecule has 0 unspecified atom stereocenters. The monoisotopic (exact) mass is 288 g/mol. The molecule has 0 aliphatic rings. The Hall–Kier alpha value is -2.23. The second kappa shape index (κ2) is 5.61. The Morgan fingerprint density at radius 1 is 1.16 bits per heavy atom. The predicted octanol–water partition coefficient (Wildman–Crippen LogP) is 0.908. The molecule has 104 valence electrons. The highest BCUT2D eigenvalue weighted by molar-refractivity contribution is 7.19. The molecule has 0 radical (unpaired) electrons. The number of rotatable bonds is 2. The van der Waals surface area contributed by atoms with Gasteiger partial charge in [0.25, 0.3) is 0 Å². The Bertz CT molecular complexity index is 507. The first-order valence-electron chi connectivity index (χ1n) is 5.05. The summed E-state index contributed by atoms with van der Waals surface area (Å²) in [5.74, 6) is -2.88. The predicted molar refractivity (Wildman–Crippen MR) is 66.0 cm³/mol. The summed E-state index contributed by atoms with van der Waals surface area (Å²) in [6.45, 7) is 5.10. The van der Waals surface area contributed by atoms with E-state index in [0.717, 1.165) is 11.3 Å². The van der Waals surface area contributed by atoms with Gasteiger partial charge in [-0.3, -0.25) is 15.4 Å². The SMILES string of the molecule is CC(C)(C)OC(=O)Nc1nnc(NC(=O)C(=O)O)s1. The second-order valence-electron chi connectivity index (χ2n) is 4.30. The standard InChI is InChI=1S/C9H12N4O5S/c1-9(2,3)18-8(17)11-7-13-12-6(19-7)10-4(14)5(15)16/h1-3H3,(H,15,16)(H,10,12,14)(H,11,13,17). The summed E-state index contributed by atoms with van der Waals surface area (Å²) >= 11 is 0.803. The molecule has 1 aromatic heterocycles. The zero-order valence-electron chi connectivity index (χ0n) is 10.4. The van der Waals surface area contributed by atoms with Crippen LogP contribution in [-0.4, -0.2) is 38.9 Å². The fraction of sp³-hybridized carbons (Fsp3) is 0.444. The van der Waals surface area contributed by atoms with Gasteiger partial charge in [0.2, 0.25) is 10.3 Å². The minimum absolute atomic E-state index is 0.0431. The lowest BCUT2D eigenvalue weighted by molar-refractivity contribution is -0.147. The molecule has 3 N–H and O–H groups in total. The molecule has 1 heterocycles. The van der Waals surface area contributed by atoms with Crippen LogP contribution in [0.4, 0.5) is 15.1 Å². The number of carbonyl (C=O) groups is 3. The quantitative estimate of drug-likeness (QED) is 0.689. The molecule has 0 bridgehead atoms. The number of nitrogens with one attached hydrogen (secondary N) is 2. The van der Waals surface area contributed by atoms with Crippen molar-refractivity contribution in [1.29, 1.82) is 0 Å². The van der Waals surface area contributed by atoms with Gasteiger partial charge < -0.3 is 9.84 Å². The Morgan fingerprint density at radius 2 is 1.68 bits per heavy atom. The highest BCUT2D eigenvalue weighted by Crippen LogP contribution is 2.20. The number of nitrogens with zero attached hydrogens (tertiary/aromatic N) is 2. The lowest BCUT2D eigenvalue weighted by atomic mass is 10.2. The largest absolute Gasteiger partial charge is 0.474 e. The molecule has 0 aromatic carbocycles. The molecule has 0 saturated carbocycles. The van der Waals surface area contributed by atoms with Gasteiger partial charge in [-0.1, -0.05) is 11.3 Å². The van der Waals surface area contributed by atoms with Gasteiger partial charge in [-0.05, 0) is 20.8 Å². The minimum atomic E-state index is -1.64. The number of hydrogen-bond donors (Lipinski definition) is 3. The van der Waals surface area contributed by atoms with Crippen molar-refractivity contribution in [2.45, 2.75) is 26.4 Å². The van der Waals surface area contributed by atoms with Crippen LogP contribution in [0.3, 0.4) is 0 Å². The van der Waals surface area contributed by atoms with Gasteiger partial charge >= 0.3 is 18.0 Å². The molecule has 0 saturated heterocycles. The van der Waals surface area contributed by atoms with E-state index in [9.17, 15) is 14.4 Å². The van der Waals surface area contributed by atoms with E-state index in [0.29, 0.717) is 0 Å². The summed E-state index contributed by atoms with van der Waals surface area (Å²) in [5, 5.41) is 19.8. The molecule has 10 heteroatoms. The van der Waals surface area contributed by atoms with E-state index in [1.54, 1.807) is 20.8 Å².